The molecule has 2 N–H and O–H groups in total. The highest BCUT2D eigenvalue weighted by Gasteiger charge is 2.19. The van der Waals surface area contributed by atoms with Gasteiger partial charge in [-0.15, -0.1) is 0 Å². The minimum atomic E-state index is -3.27. The summed E-state index contributed by atoms with van der Waals surface area (Å²) < 4.78 is 26.8. The molecule has 0 aromatic heterocycles. The van der Waals surface area contributed by atoms with Gasteiger partial charge < -0.3 is 5.32 Å². The topological polar surface area (TPSA) is 58.2 Å². The Hall–Kier alpha value is -0.910. The van der Waals surface area contributed by atoms with Crippen LogP contribution in [0.3, 0.4) is 0 Å². The third-order valence-electron chi connectivity index (χ3n) is 3.17. The molecule has 1 aromatic rings. The molecule has 5 heteroatoms. The first kappa shape index (κ1) is 16.1. The van der Waals surface area contributed by atoms with Gasteiger partial charge in [0.2, 0.25) is 10.0 Å². The molecular weight excluding hydrogens is 260 g/mol. The molecule has 0 aliphatic heterocycles. The Bertz CT molecular complexity index is 486. The fourth-order valence-electron chi connectivity index (χ4n) is 1.85. The lowest BCUT2D eigenvalue weighted by Gasteiger charge is -2.15. The van der Waals surface area contributed by atoms with Gasteiger partial charge in [0.1, 0.15) is 0 Å². The minimum Gasteiger partial charge on any atom is -0.316 e. The Kier molecular flexibility index (Phi) is 6.48. The van der Waals surface area contributed by atoms with Crippen LogP contribution in [-0.2, 0) is 23.0 Å². The summed E-state index contributed by atoms with van der Waals surface area (Å²) in [7, 11) is -3.27. The Morgan fingerprint density at radius 1 is 1.16 bits per heavy atom. The second kappa shape index (κ2) is 7.62. The van der Waals surface area contributed by atoms with Gasteiger partial charge in [0, 0.05) is 13.1 Å². The summed E-state index contributed by atoms with van der Waals surface area (Å²) in [6, 6.07) is 7.91. The van der Waals surface area contributed by atoms with Crippen LogP contribution in [0, 0.1) is 0 Å². The first-order chi connectivity index (χ1) is 9.01. The molecule has 108 valence electrons. The second-order valence-corrected chi connectivity index (χ2v) is 6.79. The average molecular weight is 284 g/mol. The zero-order valence-electron chi connectivity index (χ0n) is 11.9. The monoisotopic (exact) mass is 284 g/mol. The standard InChI is InChI=1S/C14H24N2O2S/c1-4-13-8-6-7-9-14(13)11-16-19(17,18)12(3)10-15-5-2/h6-9,12,15-16H,4-5,10-11H2,1-3H3. The lowest BCUT2D eigenvalue weighted by atomic mass is 10.1. The van der Waals surface area contributed by atoms with E-state index in [1.807, 2.05) is 31.2 Å². The summed E-state index contributed by atoms with van der Waals surface area (Å²) in [5.41, 5.74) is 2.23. The van der Waals surface area contributed by atoms with Crippen molar-refractivity contribution in [1.82, 2.24) is 10.0 Å². The molecular formula is C14H24N2O2S. The van der Waals surface area contributed by atoms with E-state index in [0.29, 0.717) is 13.1 Å². The van der Waals surface area contributed by atoms with Crippen molar-refractivity contribution >= 4 is 10.0 Å². The second-order valence-electron chi connectivity index (χ2n) is 4.61. The fourth-order valence-corrected chi connectivity index (χ4v) is 2.83. The molecule has 19 heavy (non-hydrogen) atoms. The van der Waals surface area contributed by atoms with Crippen molar-refractivity contribution in [2.75, 3.05) is 13.1 Å². The number of nitrogens with one attached hydrogen (secondary N) is 2. The smallest absolute Gasteiger partial charge is 0.215 e. The van der Waals surface area contributed by atoms with E-state index >= 15 is 0 Å². The molecule has 0 fully saturated rings. The SMILES string of the molecule is CCNCC(C)S(=O)(=O)NCc1ccccc1CC. The van der Waals surface area contributed by atoms with Gasteiger partial charge in [0.25, 0.3) is 0 Å². The van der Waals surface area contributed by atoms with Crippen LogP contribution in [0.5, 0.6) is 0 Å². The van der Waals surface area contributed by atoms with E-state index in [4.69, 9.17) is 0 Å². The number of sulfonamides is 1. The molecule has 0 saturated heterocycles. The molecule has 1 rings (SSSR count). The first-order valence-electron chi connectivity index (χ1n) is 6.77. The van der Waals surface area contributed by atoms with Crippen molar-refractivity contribution in [3.05, 3.63) is 35.4 Å². The molecule has 0 amide bonds. The summed E-state index contributed by atoms with van der Waals surface area (Å²) in [5, 5.41) is 2.63. The van der Waals surface area contributed by atoms with Gasteiger partial charge in [0.15, 0.2) is 0 Å². The average Bonchev–Trinajstić information content (AvgIpc) is 2.42. The van der Waals surface area contributed by atoms with Crippen molar-refractivity contribution in [3.8, 4) is 0 Å². The highest BCUT2D eigenvalue weighted by atomic mass is 32.2. The first-order valence-corrected chi connectivity index (χ1v) is 8.31. The number of hydrogen-bond donors (Lipinski definition) is 2. The Labute approximate surface area is 116 Å². The van der Waals surface area contributed by atoms with E-state index < -0.39 is 15.3 Å². The molecule has 1 atom stereocenters. The lowest BCUT2D eigenvalue weighted by Crippen LogP contribution is -2.38. The van der Waals surface area contributed by atoms with E-state index in [-0.39, 0.29) is 0 Å². The molecule has 0 aliphatic carbocycles. The largest absolute Gasteiger partial charge is 0.316 e. The zero-order chi connectivity index (χ0) is 14.3. The summed E-state index contributed by atoms with van der Waals surface area (Å²) >= 11 is 0. The molecule has 1 unspecified atom stereocenters. The molecule has 0 aliphatic rings. The Balaban J connectivity index is 2.64. The van der Waals surface area contributed by atoms with E-state index in [0.717, 1.165) is 18.5 Å². The van der Waals surface area contributed by atoms with E-state index in [2.05, 4.69) is 17.0 Å². The molecule has 0 bridgehead atoms. The predicted octanol–water partition coefficient (Wildman–Crippen LogP) is 1.67. The van der Waals surface area contributed by atoms with Crippen LogP contribution in [0.1, 0.15) is 31.9 Å². The van der Waals surface area contributed by atoms with Crippen LogP contribution in [0.2, 0.25) is 0 Å². The van der Waals surface area contributed by atoms with E-state index in [1.54, 1.807) is 6.92 Å². The van der Waals surface area contributed by atoms with Crippen LogP contribution in [0.4, 0.5) is 0 Å². The summed E-state index contributed by atoms with van der Waals surface area (Å²) in [5.74, 6) is 0. The number of aryl methyl sites for hydroxylation is 1. The van der Waals surface area contributed by atoms with Gasteiger partial charge in [0.05, 0.1) is 5.25 Å². The molecule has 1 aromatic carbocycles. The van der Waals surface area contributed by atoms with Gasteiger partial charge >= 0.3 is 0 Å². The molecule has 4 nitrogen and oxygen atoms in total. The van der Waals surface area contributed by atoms with Crippen molar-refractivity contribution < 1.29 is 8.42 Å². The number of rotatable bonds is 8. The van der Waals surface area contributed by atoms with Crippen LogP contribution < -0.4 is 10.0 Å². The van der Waals surface area contributed by atoms with Gasteiger partial charge in [-0.25, -0.2) is 13.1 Å². The normalized spacial score (nSPS) is 13.4. The number of hydrogen-bond acceptors (Lipinski definition) is 3. The van der Waals surface area contributed by atoms with E-state index in [1.165, 1.54) is 5.56 Å². The van der Waals surface area contributed by atoms with Crippen molar-refractivity contribution in [3.63, 3.8) is 0 Å². The van der Waals surface area contributed by atoms with Crippen molar-refractivity contribution in [2.45, 2.75) is 39.0 Å². The van der Waals surface area contributed by atoms with Crippen molar-refractivity contribution in [2.24, 2.45) is 0 Å². The van der Waals surface area contributed by atoms with E-state index in [9.17, 15) is 8.42 Å². The Morgan fingerprint density at radius 2 is 1.79 bits per heavy atom. The third kappa shape index (κ3) is 4.93. The Morgan fingerprint density at radius 3 is 2.37 bits per heavy atom. The highest BCUT2D eigenvalue weighted by molar-refractivity contribution is 7.90. The maximum Gasteiger partial charge on any atom is 0.215 e. The van der Waals surface area contributed by atoms with Crippen LogP contribution in [0.15, 0.2) is 24.3 Å². The fraction of sp³-hybridized carbons (Fsp3) is 0.571. The number of benzene rings is 1. The van der Waals surface area contributed by atoms with Gasteiger partial charge in [-0.05, 0) is 31.0 Å². The molecule has 0 saturated carbocycles. The van der Waals surface area contributed by atoms with Gasteiger partial charge in [-0.3, -0.25) is 0 Å². The predicted molar refractivity (Wildman–Crippen MR) is 79.6 cm³/mol. The summed E-state index contributed by atoms with van der Waals surface area (Å²) in [6.45, 7) is 7.37. The molecule has 0 spiro atoms. The minimum absolute atomic E-state index is 0.364. The zero-order valence-corrected chi connectivity index (χ0v) is 12.8. The van der Waals surface area contributed by atoms with Gasteiger partial charge in [-0.2, -0.15) is 0 Å². The van der Waals surface area contributed by atoms with Crippen LogP contribution in [0.25, 0.3) is 0 Å². The summed E-state index contributed by atoms with van der Waals surface area (Å²) in [4.78, 5) is 0. The highest BCUT2D eigenvalue weighted by Crippen LogP contribution is 2.10. The van der Waals surface area contributed by atoms with Crippen LogP contribution >= 0.6 is 0 Å². The molecule has 0 heterocycles. The third-order valence-corrected chi connectivity index (χ3v) is 4.95. The summed E-state index contributed by atoms with van der Waals surface area (Å²) in [6.07, 6.45) is 0.908. The maximum absolute atomic E-state index is 12.1. The lowest BCUT2D eigenvalue weighted by molar-refractivity contribution is 0.559. The maximum atomic E-state index is 12.1. The quantitative estimate of drug-likeness (QED) is 0.763. The molecule has 0 radical (unpaired) electrons. The van der Waals surface area contributed by atoms with Crippen LogP contribution in [-0.4, -0.2) is 26.8 Å². The van der Waals surface area contributed by atoms with Crippen molar-refractivity contribution in [1.29, 1.82) is 0 Å². The van der Waals surface area contributed by atoms with Gasteiger partial charge in [-0.1, -0.05) is 38.1 Å².